The Kier molecular flexibility index (Phi) is 7.31. The van der Waals surface area contributed by atoms with E-state index in [-0.39, 0.29) is 11.3 Å². The van der Waals surface area contributed by atoms with Crippen molar-refractivity contribution in [2.45, 2.75) is 10.0 Å². The van der Waals surface area contributed by atoms with Crippen molar-refractivity contribution in [1.82, 2.24) is 15.1 Å². The minimum Gasteiger partial charge on any atom is -0.466 e. The van der Waals surface area contributed by atoms with E-state index in [1.807, 2.05) is 0 Å². The van der Waals surface area contributed by atoms with Crippen LogP contribution in [0.3, 0.4) is 0 Å². The van der Waals surface area contributed by atoms with Gasteiger partial charge in [0.1, 0.15) is 11.3 Å². The van der Waals surface area contributed by atoms with Crippen LogP contribution >= 0.6 is 34.8 Å². The van der Waals surface area contributed by atoms with Crippen LogP contribution in [0.5, 0.6) is 5.75 Å². The van der Waals surface area contributed by atoms with E-state index in [0.29, 0.717) is 11.1 Å². The molecule has 2 aromatic rings. The number of halogens is 3. The van der Waals surface area contributed by atoms with Crippen molar-refractivity contribution in [2.24, 2.45) is 0 Å². The summed E-state index contributed by atoms with van der Waals surface area (Å²) in [5, 5.41) is 2.53. The van der Waals surface area contributed by atoms with E-state index in [2.05, 4.69) is 5.32 Å². The van der Waals surface area contributed by atoms with Crippen molar-refractivity contribution in [3.05, 3.63) is 71.3 Å². The molecule has 1 fully saturated rings. The quantitative estimate of drug-likeness (QED) is 0.287. The number of likely N-dealkylation sites (N-methyl/N-ethyl adjacent to an activating group) is 2. The standard InChI is InChI=1S/C22H18Cl3N3O5/c1-27-18(30)16(19(31)28(2)21(27)32)12-13-8-10-15(11-9-13)33-20(22(23,24)25)26-17(29)14-6-4-3-5-7-14/h3-12,20H,1-2H3,(H,26,29). The number of benzene rings is 2. The molecule has 8 nitrogen and oxygen atoms in total. The van der Waals surface area contributed by atoms with Gasteiger partial charge in [0.2, 0.25) is 10.0 Å². The number of imide groups is 2. The molecule has 2 aromatic carbocycles. The zero-order valence-electron chi connectivity index (χ0n) is 17.4. The molecule has 33 heavy (non-hydrogen) atoms. The maximum Gasteiger partial charge on any atom is 0.333 e. The zero-order valence-corrected chi connectivity index (χ0v) is 19.7. The summed E-state index contributed by atoms with van der Waals surface area (Å²) in [7, 11) is 2.58. The van der Waals surface area contributed by atoms with Crippen molar-refractivity contribution in [2.75, 3.05) is 14.1 Å². The molecule has 1 heterocycles. The van der Waals surface area contributed by atoms with Gasteiger partial charge in [0.25, 0.3) is 17.7 Å². The van der Waals surface area contributed by atoms with Crippen LogP contribution in [-0.4, -0.2) is 57.7 Å². The minimum atomic E-state index is -1.98. The summed E-state index contributed by atoms with van der Waals surface area (Å²) < 4.78 is 3.68. The molecule has 3 rings (SSSR count). The number of hydrogen-bond acceptors (Lipinski definition) is 5. The van der Waals surface area contributed by atoms with Gasteiger partial charge in [-0.2, -0.15) is 0 Å². The second kappa shape index (κ2) is 9.82. The Morgan fingerprint density at radius 3 is 2.00 bits per heavy atom. The Balaban J connectivity index is 1.77. The lowest BCUT2D eigenvalue weighted by atomic mass is 10.1. The van der Waals surface area contributed by atoms with Crippen LogP contribution in [0.15, 0.2) is 60.2 Å². The lowest BCUT2D eigenvalue weighted by Gasteiger charge is -2.28. The highest BCUT2D eigenvalue weighted by atomic mass is 35.6. The molecule has 1 aliphatic heterocycles. The maximum atomic E-state index is 12.4. The molecule has 1 unspecified atom stereocenters. The molecule has 11 heteroatoms. The molecular formula is C22H18Cl3N3O5. The summed E-state index contributed by atoms with van der Waals surface area (Å²) in [6, 6.07) is 13.8. The number of hydrogen-bond donors (Lipinski definition) is 1. The highest BCUT2D eigenvalue weighted by Crippen LogP contribution is 2.32. The van der Waals surface area contributed by atoms with Crippen LogP contribution in [-0.2, 0) is 9.59 Å². The Labute approximate surface area is 204 Å². The number of carbonyl (C=O) groups excluding carboxylic acids is 4. The molecule has 172 valence electrons. The van der Waals surface area contributed by atoms with Crippen LogP contribution in [0.2, 0.25) is 0 Å². The molecule has 0 saturated carbocycles. The summed E-state index contributed by atoms with van der Waals surface area (Å²) in [5.41, 5.74) is 0.689. The van der Waals surface area contributed by atoms with Gasteiger partial charge in [-0.3, -0.25) is 24.2 Å². The third kappa shape index (κ3) is 5.65. The van der Waals surface area contributed by atoms with Gasteiger partial charge in [0, 0.05) is 19.7 Å². The Morgan fingerprint density at radius 2 is 1.48 bits per heavy atom. The number of rotatable bonds is 5. The molecule has 0 radical (unpaired) electrons. The largest absolute Gasteiger partial charge is 0.466 e. The Hall–Kier alpha value is -3.07. The number of barbiturate groups is 1. The second-order valence-electron chi connectivity index (χ2n) is 7.02. The fourth-order valence-electron chi connectivity index (χ4n) is 2.89. The van der Waals surface area contributed by atoms with Gasteiger partial charge in [0.15, 0.2) is 0 Å². The highest BCUT2D eigenvalue weighted by Gasteiger charge is 2.38. The summed E-state index contributed by atoms with van der Waals surface area (Å²) in [6.45, 7) is 0. The fourth-order valence-corrected chi connectivity index (χ4v) is 3.19. The summed E-state index contributed by atoms with van der Waals surface area (Å²) in [6.07, 6.45) is 0.0477. The first-order valence-corrected chi connectivity index (χ1v) is 10.6. The molecule has 0 aromatic heterocycles. The predicted octanol–water partition coefficient (Wildman–Crippen LogP) is 3.63. The summed E-state index contributed by atoms with van der Waals surface area (Å²) in [4.78, 5) is 50.6. The molecule has 1 N–H and O–H groups in total. The maximum absolute atomic E-state index is 12.4. The average molecular weight is 511 g/mol. The van der Waals surface area contributed by atoms with E-state index in [0.717, 1.165) is 9.80 Å². The monoisotopic (exact) mass is 509 g/mol. The number of urea groups is 1. The van der Waals surface area contributed by atoms with E-state index >= 15 is 0 Å². The lowest BCUT2D eigenvalue weighted by molar-refractivity contribution is -0.134. The molecule has 5 amide bonds. The third-order valence-corrected chi connectivity index (χ3v) is 5.28. The number of ether oxygens (including phenoxy) is 1. The van der Waals surface area contributed by atoms with Gasteiger partial charge in [-0.1, -0.05) is 65.1 Å². The first-order chi connectivity index (χ1) is 15.5. The van der Waals surface area contributed by atoms with Gasteiger partial charge in [-0.25, -0.2) is 4.79 Å². The van der Waals surface area contributed by atoms with Crippen LogP contribution in [0.1, 0.15) is 15.9 Å². The van der Waals surface area contributed by atoms with Gasteiger partial charge < -0.3 is 10.1 Å². The van der Waals surface area contributed by atoms with Crippen molar-refractivity contribution >= 4 is 64.6 Å². The second-order valence-corrected chi connectivity index (χ2v) is 9.39. The number of nitrogens with one attached hydrogen (secondary N) is 1. The van der Waals surface area contributed by atoms with E-state index in [1.165, 1.54) is 32.3 Å². The topological polar surface area (TPSA) is 96.0 Å². The van der Waals surface area contributed by atoms with Crippen LogP contribution in [0.25, 0.3) is 6.08 Å². The van der Waals surface area contributed by atoms with Gasteiger partial charge in [0.05, 0.1) is 0 Å². The van der Waals surface area contributed by atoms with Crippen molar-refractivity contribution in [3.63, 3.8) is 0 Å². The smallest absolute Gasteiger partial charge is 0.333 e. The van der Waals surface area contributed by atoms with E-state index in [1.54, 1.807) is 42.5 Å². The molecule has 1 atom stereocenters. The molecule has 0 bridgehead atoms. The summed E-state index contributed by atoms with van der Waals surface area (Å²) >= 11 is 17.9. The van der Waals surface area contributed by atoms with Gasteiger partial charge >= 0.3 is 6.03 Å². The molecule has 1 saturated heterocycles. The number of alkyl halides is 3. The van der Waals surface area contributed by atoms with Crippen molar-refractivity contribution < 1.29 is 23.9 Å². The van der Waals surface area contributed by atoms with Crippen molar-refractivity contribution in [1.29, 1.82) is 0 Å². The Bertz CT molecular complexity index is 1090. The predicted molar refractivity (Wildman–Crippen MR) is 124 cm³/mol. The lowest BCUT2D eigenvalue weighted by Crippen LogP contribution is -2.52. The first kappa shape index (κ1) is 24.6. The number of amides is 5. The van der Waals surface area contributed by atoms with Gasteiger partial charge in [-0.15, -0.1) is 0 Å². The first-order valence-electron chi connectivity index (χ1n) is 9.50. The third-order valence-electron chi connectivity index (χ3n) is 4.68. The molecule has 0 spiro atoms. The molecular weight excluding hydrogens is 493 g/mol. The van der Waals surface area contributed by atoms with Gasteiger partial charge in [-0.05, 0) is 35.9 Å². The fraction of sp³-hybridized carbons (Fsp3) is 0.182. The van der Waals surface area contributed by atoms with E-state index in [4.69, 9.17) is 39.5 Å². The van der Waals surface area contributed by atoms with E-state index in [9.17, 15) is 19.2 Å². The minimum absolute atomic E-state index is 0.164. The Morgan fingerprint density at radius 1 is 0.939 bits per heavy atom. The van der Waals surface area contributed by atoms with Crippen molar-refractivity contribution in [3.8, 4) is 5.75 Å². The summed E-state index contributed by atoms with van der Waals surface area (Å²) in [5.74, 6) is -1.65. The molecule has 0 aliphatic carbocycles. The SMILES string of the molecule is CN1C(=O)C(=Cc2ccc(OC(NC(=O)c3ccccc3)C(Cl)(Cl)Cl)cc2)C(=O)N(C)C1=O. The van der Waals surface area contributed by atoms with Crippen LogP contribution < -0.4 is 10.1 Å². The number of nitrogens with zero attached hydrogens (tertiary/aromatic N) is 2. The highest BCUT2D eigenvalue weighted by molar-refractivity contribution is 6.68. The number of carbonyl (C=O) groups is 4. The van der Waals surface area contributed by atoms with E-state index < -0.39 is 33.8 Å². The normalized spacial score (nSPS) is 15.4. The zero-order chi connectivity index (χ0) is 24.3. The van der Waals surface area contributed by atoms with Crippen LogP contribution in [0, 0.1) is 0 Å². The molecule has 1 aliphatic rings. The van der Waals surface area contributed by atoms with Crippen LogP contribution in [0.4, 0.5) is 4.79 Å². The average Bonchev–Trinajstić information content (AvgIpc) is 2.79.